The molecule has 0 aromatic heterocycles. The van der Waals surface area contributed by atoms with Gasteiger partial charge in [-0.3, -0.25) is 4.79 Å². The molecule has 1 aliphatic heterocycles. The van der Waals surface area contributed by atoms with Crippen LogP contribution in [0.25, 0.3) is 0 Å². The van der Waals surface area contributed by atoms with Gasteiger partial charge in [-0.25, -0.2) is 8.42 Å². The maximum atomic E-state index is 12.9. The molecule has 158 valence electrons. The van der Waals surface area contributed by atoms with Gasteiger partial charge in [-0.15, -0.1) is 0 Å². The SMILES string of the molecule is CCOc1ccccc1CCC(=O)N1CCN(S(=O)(=O)c2ccccc2C#N)CC1. The normalized spacial score (nSPS) is 14.9. The number of rotatable bonds is 7. The number of sulfonamides is 1. The van der Waals surface area contributed by atoms with Crippen molar-refractivity contribution in [1.29, 1.82) is 5.26 Å². The number of aryl methyl sites for hydroxylation is 1. The number of carbonyl (C=O) groups excluding carboxylic acids is 1. The average molecular weight is 428 g/mol. The molecule has 1 heterocycles. The third-order valence-electron chi connectivity index (χ3n) is 5.10. The molecule has 0 saturated carbocycles. The summed E-state index contributed by atoms with van der Waals surface area (Å²) in [7, 11) is -3.76. The number of para-hydroxylation sites is 1. The maximum Gasteiger partial charge on any atom is 0.244 e. The molecule has 0 unspecified atom stereocenters. The van der Waals surface area contributed by atoms with E-state index in [-0.39, 0.29) is 29.5 Å². The summed E-state index contributed by atoms with van der Waals surface area (Å²) in [5, 5.41) is 9.21. The average Bonchev–Trinajstić information content (AvgIpc) is 2.78. The molecule has 30 heavy (non-hydrogen) atoms. The van der Waals surface area contributed by atoms with Crippen LogP contribution in [0.15, 0.2) is 53.4 Å². The Hall–Kier alpha value is -2.89. The predicted molar refractivity (Wildman–Crippen MR) is 112 cm³/mol. The largest absolute Gasteiger partial charge is 0.494 e. The summed E-state index contributed by atoms with van der Waals surface area (Å²) in [5.41, 5.74) is 1.12. The number of ether oxygens (including phenoxy) is 1. The van der Waals surface area contributed by atoms with E-state index in [1.807, 2.05) is 37.3 Å². The minimum Gasteiger partial charge on any atom is -0.494 e. The first-order valence-corrected chi connectivity index (χ1v) is 11.4. The number of hydrogen-bond acceptors (Lipinski definition) is 5. The smallest absolute Gasteiger partial charge is 0.244 e. The van der Waals surface area contributed by atoms with Crippen molar-refractivity contribution < 1.29 is 17.9 Å². The van der Waals surface area contributed by atoms with Crippen LogP contribution in [-0.4, -0.2) is 56.3 Å². The zero-order chi connectivity index (χ0) is 21.6. The quantitative estimate of drug-likeness (QED) is 0.677. The highest BCUT2D eigenvalue weighted by Crippen LogP contribution is 2.22. The highest BCUT2D eigenvalue weighted by atomic mass is 32.2. The summed E-state index contributed by atoms with van der Waals surface area (Å²) in [6.45, 7) is 3.58. The zero-order valence-electron chi connectivity index (χ0n) is 17.0. The predicted octanol–water partition coefficient (Wildman–Crippen LogP) is 2.42. The zero-order valence-corrected chi connectivity index (χ0v) is 17.8. The van der Waals surface area contributed by atoms with Crippen molar-refractivity contribution in [2.45, 2.75) is 24.7 Å². The van der Waals surface area contributed by atoms with Gasteiger partial charge in [-0.1, -0.05) is 30.3 Å². The van der Waals surface area contributed by atoms with E-state index in [1.165, 1.54) is 16.4 Å². The first-order valence-electron chi connectivity index (χ1n) is 9.95. The number of carbonyl (C=O) groups is 1. The van der Waals surface area contributed by atoms with Gasteiger partial charge < -0.3 is 9.64 Å². The molecule has 2 aromatic rings. The Morgan fingerprint density at radius 2 is 1.73 bits per heavy atom. The molecule has 1 saturated heterocycles. The van der Waals surface area contributed by atoms with Gasteiger partial charge in [0.2, 0.25) is 15.9 Å². The van der Waals surface area contributed by atoms with E-state index >= 15 is 0 Å². The molecule has 0 spiro atoms. The fourth-order valence-corrected chi connectivity index (χ4v) is 5.07. The second-order valence-electron chi connectivity index (χ2n) is 6.93. The van der Waals surface area contributed by atoms with E-state index in [2.05, 4.69) is 0 Å². The molecule has 0 aliphatic carbocycles. The Bertz CT molecular complexity index is 1040. The van der Waals surface area contributed by atoms with Crippen LogP contribution >= 0.6 is 0 Å². The van der Waals surface area contributed by atoms with Crippen LogP contribution in [-0.2, 0) is 21.2 Å². The van der Waals surface area contributed by atoms with Gasteiger partial charge in [-0.2, -0.15) is 9.57 Å². The molecule has 3 rings (SSSR count). The fourth-order valence-electron chi connectivity index (χ4n) is 3.51. The van der Waals surface area contributed by atoms with Gasteiger partial charge in [0.1, 0.15) is 11.8 Å². The van der Waals surface area contributed by atoms with E-state index in [4.69, 9.17) is 4.74 Å². The summed E-state index contributed by atoms with van der Waals surface area (Å²) in [6.07, 6.45) is 0.914. The molecular formula is C22H25N3O4S. The van der Waals surface area contributed by atoms with Gasteiger partial charge in [0.25, 0.3) is 0 Å². The van der Waals surface area contributed by atoms with Gasteiger partial charge in [0.15, 0.2) is 0 Å². The Morgan fingerprint density at radius 1 is 1.07 bits per heavy atom. The Balaban J connectivity index is 1.59. The van der Waals surface area contributed by atoms with E-state index in [0.29, 0.717) is 32.5 Å². The van der Waals surface area contributed by atoms with Crippen LogP contribution in [0.5, 0.6) is 5.75 Å². The Morgan fingerprint density at radius 3 is 2.43 bits per heavy atom. The standard InChI is InChI=1S/C22H25N3O4S/c1-2-29-20-9-5-3-7-18(20)11-12-22(26)24-13-15-25(16-14-24)30(27,28)21-10-6-4-8-19(21)17-23/h3-10H,2,11-16H2,1H3. The molecular weight excluding hydrogens is 402 g/mol. The van der Waals surface area contributed by atoms with Crippen LogP contribution in [0, 0.1) is 11.3 Å². The van der Waals surface area contributed by atoms with Crippen LogP contribution in [0.3, 0.4) is 0 Å². The monoisotopic (exact) mass is 427 g/mol. The molecule has 7 nitrogen and oxygen atoms in total. The third kappa shape index (κ3) is 4.81. The van der Waals surface area contributed by atoms with Crippen LogP contribution in [0.1, 0.15) is 24.5 Å². The van der Waals surface area contributed by atoms with Crippen molar-refractivity contribution in [3.63, 3.8) is 0 Å². The van der Waals surface area contributed by atoms with Crippen molar-refractivity contribution in [2.24, 2.45) is 0 Å². The van der Waals surface area contributed by atoms with Crippen LogP contribution in [0.4, 0.5) is 0 Å². The lowest BCUT2D eigenvalue weighted by atomic mass is 10.1. The van der Waals surface area contributed by atoms with Crippen LogP contribution in [0.2, 0.25) is 0 Å². The highest BCUT2D eigenvalue weighted by Gasteiger charge is 2.31. The minimum atomic E-state index is -3.76. The molecule has 0 radical (unpaired) electrons. The summed E-state index contributed by atoms with van der Waals surface area (Å²) >= 11 is 0. The first-order chi connectivity index (χ1) is 14.5. The van der Waals surface area contributed by atoms with Crippen molar-refractivity contribution >= 4 is 15.9 Å². The lowest BCUT2D eigenvalue weighted by Crippen LogP contribution is -2.50. The summed E-state index contributed by atoms with van der Waals surface area (Å²) in [6, 6.07) is 15.8. The van der Waals surface area contributed by atoms with Crippen LogP contribution < -0.4 is 4.74 Å². The van der Waals surface area contributed by atoms with Gasteiger partial charge in [-0.05, 0) is 37.1 Å². The van der Waals surface area contributed by atoms with Gasteiger partial charge in [0, 0.05) is 32.6 Å². The number of benzene rings is 2. The minimum absolute atomic E-state index is 0.00391. The number of nitrogens with zero attached hydrogens (tertiary/aromatic N) is 3. The molecule has 1 amide bonds. The highest BCUT2D eigenvalue weighted by molar-refractivity contribution is 7.89. The fraction of sp³-hybridized carbons (Fsp3) is 0.364. The van der Waals surface area contributed by atoms with E-state index in [1.54, 1.807) is 17.0 Å². The molecule has 8 heteroatoms. The number of amides is 1. The second-order valence-corrected chi connectivity index (χ2v) is 8.84. The molecule has 0 atom stereocenters. The van der Waals surface area contributed by atoms with E-state index in [0.717, 1.165) is 11.3 Å². The summed E-state index contributed by atoms with van der Waals surface area (Å²) in [4.78, 5) is 14.4. The lowest BCUT2D eigenvalue weighted by Gasteiger charge is -2.34. The Labute approximate surface area is 177 Å². The molecule has 0 N–H and O–H groups in total. The molecule has 1 aliphatic rings. The molecule has 2 aromatic carbocycles. The van der Waals surface area contributed by atoms with Crippen molar-refractivity contribution in [3.05, 3.63) is 59.7 Å². The summed E-state index contributed by atoms with van der Waals surface area (Å²) in [5.74, 6) is 0.788. The molecule has 1 fully saturated rings. The van der Waals surface area contributed by atoms with E-state index in [9.17, 15) is 18.5 Å². The topological polar surface area (TPSA) is 90.7 Å². The van der Waals surface area contributed by atoms with Crippen molar-refractivity contribution in [1.82, 2.24) is 9.21 Å². The van der Waals surface area contributed by atoms with E-state index < -0.39 is 10.0 Å². The number of piperazine rings is 1. The maximum absolute atomic E-state index is 12.9. The van der Waals surface area contributed by atoms with Crippen molar-refractivity contribution in [2.75, 3.05) is 32.8 Å². The summed E-state index contributed by atoms with van der Waals surface area (Å²) < 4.78 is 32.8. The van der Waals surface area contributed by atoms with Gasteiger partial charge >= 0.3 is 0 Å². The second kappa shape index (κ2) is 9.74. The molecule has 0 bridgehead atoms. The number of hydrogen-bond donors (Lipinski definition) is 0. The first kappa shape index (κ1) is 21.8. The van der Waals surface area contributed by atoms with Gasteiger partial charge in [0.05, 0.1) is 17.1 Å². The third-order valence-corrected chi connectivity index (χ3v) is 7.05. The van der Waals surface area contributed by atoms with Crippen molar-refractivity contribution in [3.8, 4) is 11.8 Å². The Kier molecular flexibility index (Phi) is 7.08. The lowest BCUT2D eigenvalue weighted by molar-refractivity contribution is -0.132. The number of nitriles is 1.